The van der Waals surface area contributed by atoms with E-state index in [0.29, 0.717) is 28.3 Å². The number of phenols is 1. The summed E-state index contributed by atoms with van der Waals surface area (Å²) in [4.78, 5) is 81.6. The van der Waals surface area contributed by atoms with Crippen molar-refractivity contribution in [2.24, 2.45) is 28.4 Å². The fourth-order valence-corrected chi connectivity index (χ4v) is 8.73. The number of hydrogen-bond donors (Lipinski definition) is 6. The zero-order valence-electron chi connectivity index (χ0n) is 39.5. The molecule has 19 heteroatoms. The van der Waals surface area contributed by atoms with E-state index in [1.165, 1.54) is 26.1 Å². The minimum atomic E-state index is -4.41. The Bertz CT molecular complexity index is 2710. The van der Waals surface area contributed by atoms with Crippen LogP contribution in [0.2, 0.25) is 0 Å². The lowest BCUT2D eigenvalue weighted by Gasteiger charge is -2.32. The number of nitriles is 1. The van der Waals surface area contributed by atoms with Crippen molar-refractivity contribution >= 4 is 39.4 Å². The lowest BCUT2D eigenvalue weighted by atomic mass is 9.86. The molecule has 9 N–H and O–H groups in total. The summed E-state index contributed by atoms with van der Waals surface area (Å²) in [5.74, 6) is -5.25. The molecule has 2 heterocycles. The van der Waals surface area contributed by atoms with E-state index >= 15 is 0 Å². The van der Waals surface area contributed by atoms with Gasteiger partial charge < -0.3 is 31.5 Å². The maximum Gasteiger partial charge on any atom is 0.274 e. The van der Waals surface area contributed by atoms with Gasteiger partial charge in [-0.2, -0.15) is 13.7 Å². The van der Waals surface area contributed by atoms with Gasteiger partial charge in [-0.15, -0.1) is 0 Å². The highest BCUT2D eigenvalue weighted by Crippen LogP contribution is 2.42. The second kappa shape index (κ2) is 22.1. The first-order valence-corrected chi connectivity index (χ1v) is 23.8. The summed E-state index contributed by atoms with van der Waals surface area (Å²) >= 11 is 0. The number of ketones is 3. The molecule has 4 bridgehead atoms. The molecule has 362 valence electrons. The third-order valence-corrected chi connectivity index (χ3v) is 12.5. The molecular weight excluding hydrogens is 891 g/mol. The van der Waals surface area contributed by atoms with Crippen LogP contribution in [0.25, 0.3) is 22.5 Å². The Balaban J connectivity index is 1.62. The van der Waals surface area contributed by atoms with Crippen LogP contribution in [-0.2, 0) is 47.8 Å². The van der Waals surface area contributed by atoms with Crippen molar-refractivity contribution < 1.29 is 42.2 Å². The van der Waals surface area contributed by atoms with E-state index in [1.54, 1.807) is 32.0 Å². The van der Waals surface area contributed by atoms with Gasteiger partial charge >= 0.3 is 0 Å². The fourth-order valence-electron chi connectivity index (χ4n) is 8.30. The van der Waals surface area contributed by atoms with E-state index in [2.05, 4.69) is 40.8 Å². The highest BCUT2D eigenvalue weighted by Gasteiger charge is 2.37. The Morgan fingerprint density at radius 3 is 2.26 bits per heavy atom. The number of hydrogen-bond acceptors (Lipinski definition) is 14. The largest absolute Gasteiger partial charge is 0.507 e. The molecule has 1 aliphatic heterocycles. The van der Waals surface area contributed by atoms with Gasteiger partial charge in [0.2, 0.25) is 11.8 Å². The number of phenolic OH excluding ortho intramolecular Hbond substituents is 1. The van der Waals surface area contributed by atoms with Gasteiger partial charge in [-0.3, -0.25) is 24.0 Å². The van der Waals surface area contributed by atoms with Crippen LogP contribution in [0, 0.1) is 37.0 Å². The first kappa shape index (κ1) is 52.5. The summed E-state index contributed by atoms with van der Waals surface area (Å²) in [5.41, 5.74) is 15.8. The third-order valence-electron chi connectivity index (χ3n) is 12.0. The number of aryl methyl sites for hydroxylation is 2. The van der Waals surface area contributed by atoms with E-state index in [1.807, 2.05) is 30.3 Å². The molecule has 3 aromatic carbocycles. The number of carbonyl (C=O) groups excluding carboxylic acids is 5. The summed E-state index contributed by atoms with van der Waals surface area (Å²) in [6.07, 6.45) is -1.27. The summed E-state index contributed by atoms with van der Waals surface area (Å²) in [6, 6.07) is 15.0. The van der Waals surface area contributed by atoms with Gasteiger partial charge in [0.05, 0.1) is 35.0 Å². The van der Waals surface area contributed by atoms with Crippen LogP contribution >= 0.6 is 0 Å². The van der Waals surface area contributed by atoms with Gasteiger partial charge in [0.1, 0.15) is 24.1 Å². The molecule has 4 aromatic rings. The lowest BCUT2D eigenvalue weighted by Crippen LogP contribution is -2.47. The predicted molar refractivity (Wildman–Crippen MR) is 255 cm³/mol. The third kappa shape index (κ3) is 12.8. The smallest absolute Gasteiger partial charge is 0.274 e. The predicted octanol–water partition coefficient (Wildman–Crippen LogP) is 3.92. The number of likely N-dealkylation sites (N-methyl/N-ethyl adjacent to an activating group) is 1. The van der Waals surface area contributed by atoms with Crippen molar-refractivity contribution in [3.8, 4) is 40.1 Å². The average Bonchev–Trinajstić information content (AvgIpc) is 3.27. The molecule has 4 atom stereocenters. The zero-order chi connectivity index (χ0) is 50.2. The van der Waals surface area contributed by atoms with Crippen molar-refractivity contribution in [1.82, 2.24) is 24.9 Å². The lowest BCUT2D eigenvalue weighted by molar-refractivity contribution is -0.142. The van der Waals surface area contributed by atoms with E-state index in [-0.39, 0.29) is 78.1 Å². The Hall–Kier alpha value is -6.43. The first-order valence-electron chi connectivity index (χ1n) is 22.3. The minimum Gasteiger partial charge on any atom is -0.507 e. The molecule has 5 rings (SSSR count). The normalized spacial score (nSPS) is 17.0. The topological polar surface area (TPSA) is 304 Å². The number of Topliss-reactive ketones (excluding diaryl/α,β-unsaturated/α-hetero) is 3. The first-order chi connectivity index (χ1) is 32.0. The molecule has 0 fully saturated rings. The Morgan fingerprint density at radius 2 is 1.68 bits per heavy atom. The van der Waals surface area contributed by atoms with E-state index in [4.69, 9.17) is 21.3 Å². The number of nitrogens with two attached hydrogens (primary N) is 3. The summed E-state index contributed by atoms with van der Waals surface area (Å²) < 4.78 is 32.7. The quantitative estimate of drug-likeness (QED) is 0.0868. The maximum absolute atomic E-state index is 14.9. The van der Waals surface area contributed by atoms with Crippen LogP contribution in [-0.4, -0.2) is 90.3 Å². The van der Waals surface area contributed by atoms with Gasteiger partial charge in [-0.1, -0.05) is 58.0 Å². The molecule has 0 spiro atoms. The number of ether oxygens (including phenoxy) is 1. The number of aromatic nitrogens is 2. The summed E-state index contributed by atoms with van der Waals surface area (Å²) in [5, 5.41) is 29.1. The molecule has 0 aliphatic carbocycles. The van der Waals surface area contributed by atoms with Gasteiger partial charge in [0.25, 0.3) is 10.2 Å². The minimum absolute atomic E-state index is 0.00165. The highest BCUT2D eigenvalue weighted by atomic mass is 32.2. The second-order valence-corrected chi connectivity index (χ2v) is 19.6. The zero-order valence-corrected chi connectivity index (χ0v) is 40.3. The fraction of sp³-hybridized carbons (Fsp3) is 0.429. The molecule has 0 radical (unpaired) electrons. The molecule has 18 nitrogen and oxygen atoms in total. The standard InChI is InChI=1S/C49H61N9O9S/c1-27-19-41(61)44(32-22-33(25-52)45(62)37(23-32)36-20-30(10-15-42(36)67-18-17-51)21-38(57-47(27)63)39(59)9-8-16-50)58(7)48(64)34(26-54-68(53,65)66)24-40(60)43-28(2)55-46(56-29(43)3)31-11-13-35(14-12-31)49(4,5)6/h10-15,20,22-23,27,34,38,44,54,62H,8-9,17-19,21,24-26,51-52H2,1-7H3,(H,57,63)(H2,53,65,66)/t27-,34+,38+,44+/m1/s1. The number of rotatable bonds is 16. The van der Waals surface area contributed by atoms with E-state index < -0.39 is 82.7 Å². The molecule has 68 heavy (non-hydrogen) atoms. The van der Waals surface area contributed by atoms with Crippen molar-refractivity contribution in [2.45, 2.75) is 97.7 Å². The van der Waals surface area contributed by atoms with Crippen molar-refractivity contribution in [2.75, 3.05) is 26.7 Å². The van der Waals surface area contributed by atoms with Crippen molar-refractivity contribution in [3.63, 3.8) is 0 Å². The van der Waals surface area contributed by atoms with Crippen molar-refractivity contribution in [3.05, 3.63) is 93.8 Å². The molecule has 1 aromatic heterocycles. The average molecular weight is 952 g/mol. The van der Waals surface area contributed by atoms with E-state index in [9.17, 15) is 42.8 Å². The number of nitrogens with one attached hydrogen (secondary N) is 2. The Kier molecular flexibility index (Phi) is 17.1. The maximum atomic E-state index is 14.9. The SMILES string of the molecule is Cc1nc(-c2ccc(C(C)(C)C)cc2)nc(C)c1C(=O)C[C@@H](CNS(N)(=O)=O)C(=O)N(C)[C@@H]1C(=O)C[C@@H](C)C(=O)N[C@H](C(=O)CCC#N)Cc2ccc(OCCN)c(c2)-c2cc1cc(CN)c2O. The number of fused-ring (bicyclic) bond motifs is 5. The number of benzene rings is 3. The van der Waals surface area contributed by atoms with Crippen LogP contribution in [0.5, 0.6) is 11.5 Å². The number of amides is 2. The Morgan fingerprint density at radius 1 is 1.01 bits per heavy atom. The number of carbonyl (C=O) groups is 5. The van der Waals surface area contributed by atoms with Crippen LogP contribution in [0.4, 0.5) is 0 Å². The highest BCUT2D eigenvalue weighted by molar-refractivity contribution is 7.87. The monoisotopic (exact) mass is 951 g/mol. The summed E-state index contributed by atoms with van der Waals surface area (Å²) in [7, 11) is -3.10. The van der Waals surface area contributed by atoms with Crippen LogP contribution < -0.4 is 31.4 Å². The van der Waals surface area contributed by atoms with Gasteiger partial charge in [-0.25, -0.2) is 19.8 Å². The molecule has 1 aliphatic rings. The van der Waals surface area contributed by atoms with Gasteiger partial charge in [0.15, 0.2) is 23.2 Å². The number of aromatic hydroxyl groups is 1. The molecular formula is C49H61N9O9S. The van der Waals surface area contributed by atoms with Crippen LogP contribution in [0.15, 0.2) is 54.6 Å². The van der Waals surface area contributed by atoms with Gasteiger partial charge in [0, 0.05) is 80.5 Å². The molecule has 0 unspecified atom stereocenters. The van der Waals surface area contributed by atoms with E-state index in [0.717, 1.165) is 16.0 Å². The molecule has 0 saturated heterocycles. The molecule has 2 amide bonds. The number of nitrogens with zero attached hydrogens (tertiary/aromatic N) is 4. The second-order valence-electron chi connectivity index (χ2n) is 18.2. The Labute approximate surface area is 397 Å². The van der Waals surface area contributed by atoms with Crippen molar-refractivity contribution in [1.29, 1.82) is 5.26 Å². The summed E-state index contributed by atoms with van der Waals surface area (Å²) in [6.45, 7) is 10.4. The van der Waals surface area contributed by atoms with Crippen LogP contribution in [0.3, 0.4) is 0 Å². The van der Waals surface area contributed by atoms with Gasteiger partial charge in [-0.05, 0) is 66.6 Å². The molecule has 0 saturated carbocycles. The van der Waals surface area contributed by atoms with Crippen LogP contribution in [0.1, 0.15) is 103 Å².